The van der Waals surface area contributed by atoms with E-state index in [1.165, 1.54) is 32.4 Å². The summed E-state index contributed by atoms with van der Waals surface area (Å²) in [6.45, 7) is 7.36. The molecule has 1 aromatic rings. The lowest BCUT2D eigenvalue weighted by atomic mass is 10.1. The number of hydrogen-bond donors (Lipinski definition) is 2. The second-order valence-electron chi connectivity index (χ2n) is 4.74. The van der Waals surface area contributed by atoms with E-state index in [1.54, 1.807) is 6.33 Å². The molecule has 1 fully saturated rings. The number of piperidine rings is 1. The fourth-order valence-corrected chi connectivity index (χ4v) is 2.78. The number of nitrogens with one attached hydrogen (secondary N) is 2. The maximum Gasteiger partial charge on any atom is 0.145 e. The lowest BCUT2D eigenvalue weighted by Gasteiger charge is -2.26. The maximum absolute atomic E-state index is 4.28. The molecule has 1 saturated heterocycles. The van der Waals surface area contributed by atoms with Gasteiger partial charge in [0.15, 0.2) is 0 Å². The third-order valence-corrected chi connectivity index (χ3v) is 4.05. The van der Waals surface area contributed by atoms with Crippen molar-refractivity contribution < 1.29 is 0 Å². The number of nitrogens with zero attached hydrogens (tertiary/aromatic N) is 3. The Balaban J connectivity index is 1.83. The largest absolute Gasteiger partial charge is 0.369 e. The maximum atomic E-state index is 4.28. The number of halogens is 1. The third-order valence-electron chi connectivity index (χ3n) is 3.30. The Morgan fingerprint density at radius 2 is 1.84 bits per heavy atom. The van der Waals surface area contributed by atoms with Crippen molar-refractivity contribution in [2.75, 3.05) is 43.4 Å². The minimum absolute atomic E-state index is 0.845. The van der Waals surface area contributed by atoms with Gasteiger partial charge in [-0.3, -0.25) is 0 Å². The van der Waals surface area contributed by atoms with Crippen molar-refractivity contribution in [1.82, 2.24) is 14.9 Å². The van der Waals surface area contributed by atoms with Crippen molar-refractivity contribution in [3.8, 4) is 0 Å². The summed E-state index contributed by atoms with van der Waals surface area (Å²) in [7, 11) is 0. The number of likely N-dealkylation sites (tertiary alicyclic amines) is 1. The number of aromatic nitrogens is 2. The quantitative estimate of drug-likeness (QED) is 0.841. The molecule has 0 amide bonds. The van der Waals surface area contributed by atoms with Gasteiger partial charge in [-0.25, -0.2) is 9.97 Å². The Morgan fingerprint density at radius 1 is 1.16 bits per heavy atom. The molecule has 0 atom stereocenters. The first-order valence-electron chi connectivity index (χ1n) is 7.02. The standard InChI is InChI=1S/C13H22BrN5/c1-2-15-12-11(14)13(18-10-17-12)16-6-9-19-7-4-3-5-8-19/h10H,2-9H2,1H3,(H2,15,16,17,18). The van der Waals surface area contributed by atoms with Gasteiger partial charge in [0, 0.05) is 19.6 Å². The van der Waals surface area contributed by atoms with Crippen LogP contribution in [0.15, 0.2) is 10.8 Å². The van der Waals surface area contributed by atoms with Crippen LogP contribution in [0.5, 0.6) is 0 Å². The van der Waals surface area contributed by atoms with Gasteiger partial charge in [0.25, 0.3) is 0 Å². The van der Waals surface area contributed by atoms with E-state index in [4.69, 9.17) is 0 Å². The highest BCUT2D eigenvalue weighted by atomic mass is 79.9. The Hall–Kier alpha value is -0.880. The van der Waals surface area contributed by atoms with Crippen LogP contribution in [0.25, 0.3) is 0 Å². The van der Waals surface area contributed by atoms with E-state index >= 15 is 0 Å². The van der Waals surface area contributed by atoms with Gasteiger partial charge >= 0.3 is 0 Å². The number of anilines is 2. The fraction of sp³-hybridized carbons (Fsp3) is 0.692. The molecule has 2 rings (SSSR count). The van der Waals surface area contributed by atoms with E-state index in [-0.39, 0.29) is 0 Å². The van der Waals surface area contributed by atoms with Gasteiger partial charge in [-0.05, 0) is 48.8 Å². The Bertz CT molecular complexity index is 393. The summed E-state index contributed by atoms with van der Waals surface area (Å²) in [5.41, 5.74) is 0. The molecule has 0 radical (unpaired) electrons. The molecule has 2 N–H and O–H groups in total. The van der Waals surface area contributed by atoms with Crippen LogP contribution in [0.2, 0.25) is 0 Å². The molecule has 6 heteroatoms. The summed E-state index contributed by atoms with van der Waals surface area (Å²) < 4.78 is 0.912. The summed E-state index contributed by atoms with van der Waals surface area (Å²) in [6, 6.07) is 0. The van der Waals surface area contributed by atoms with Crippen molar-refractivity contribution >= 4 is 27.6 Å². The Kier molecular flexibility index (Phi) is 5.85. The van der Waals surface area contributed by atoms with Crippen molar-refractivity contribution in [3.05, 3.63) is 10.8 Å². The normalized spacial score (nSPS) is 16.3. The van der Waals surface area contributed by atoms with Crippen molar-refractivity contribution in [3.63, 3.8) is 0 Å². The second-order valence-corrected chi connectivity index (χ2v) is 5.54. The lowest BCUT2D eigenvalue weighted by molar-refractivity contribution is 0.237. The molecule has 106 valence electrons. The highest BCUT2D eigenvalue weighted by molar-refractivity contribution is 9.10. The zero-order chi connectivity index (χ0) is 13.5. The smallest absolute Gasteiger partial charge is 0.145 e. The molecule has 5 nitrogen and oxygen atoms in total. The molecule has 0 unspecified atom stereocenters. The first-order valence-corrected chi connectivity index (χ1v) is 7.81. The van der Waals surface area contributed by atoms with Crippen molar-refractivity contribution in [2.24, 2.45) is 0 Å². The van der Waals surface area contributed by atoms with Gasteiger partial charge in [0.05, 0.1) is 0 Å². The molecular formula is C13H22BrN5. The van der Waals surface area contributed by atoms with E-state index in [9.17, 15) is 0 Å². The first kappa shape index (κ1) is 14.5. The van der Waals surface area contributed by atoms with Crippen LogP contribution in [0.4, 0.5) is 11.6 Å². The molecule has 1 aliphatic rings. The van der Waals surface area contributed by atoms with Crippen molar-refractivity contribution in [1.29, 1.82) is 0 Å². The van der Waals surface area contributed by atoms with Gasteiger partial charge in [0.2, 0.25) is 0 Å². The highest BCUT2D eigenvalue weighted by Gasteiger charge is 2.11. The molecule has 0 aromatic carbocycles. The molecule has 0 saturated carbocycles. The van der Waals surface area contributed by atoms with Gasteiger partial charge < -0.3 is 15.5 Å². The molecule has 0 aliphatic carbocycles. The Labute approximate surface area is 123 Å². The fourth-order valence-electron chi connectivity index (χ4n) is 2.30. The molecular weight excluding hydrogens is 306 g/mol. The van der Waals surface area contributed by atoms with Crippen LogP contribution >= 0.6 is 15.9 Å². The lowest BCUT2D eigenvalue weighted by Crippen LogP contribution is -2.33. The van der Waals surface area contributed by atoms with Gasteiger partial charge in [0.1, 0.15) is 22.4 Å². The minimum atomic E-state index is 0.845. The number of rotatable bonds is 6. The van der Waals surface area contributed by atoms with Crippen LogP contribution in [0.1, 0.15) is 26.2 Å². The monoisotopic (exact) mass is 327 g/mol. The summed E-state index contributed by atoms with van der Waals surface area (Å²) >= 11 is 3.54. The topological polar surface area (TPSA) is 53.1 Å². The SMILES string of the molecule is CCNc1ncnc(NCCN2CCCCC2)c1Br. The predicted octanol–water partition coefficient (Wildman–Crippen LogP) is 2.57. The first-order chi connectivity index (χ1) is 9.31. The average Bonchev–Trinajstić information content (AvgIpc) is 2.44. The van der Waals surface area contributed by atoms with E-state index in [0.717, 1.165) is 35.7 Å². The summed E-state index contributed by atoms with van der Waals surface area (Å²) in [4.78, 5) is 11.0. The van der Waals surface area contributed by atoms with Crippen LogP contribution < -0.4 is 10.6 Å². The van der Waals surface area contributed by atoms with Crippen LogP contribution in [0.3, 0.4) is 0 Å². The molecule has 19 heavy (non-hydrogen) atoms. The van der Waals surface area contributed by atoms with E-state index in [1.807, 2.05) is 0 Å². The summed E-state index contributed by atoms with van der Waals surface area (Å²) in [5, 5.41) is 6.59. The summed E-state index contributed by atoms with van der Waals surface area (Å²) in [5.74, 6) is 1.71. The zero-order valence-electron chi connectivity index (χ0n) is 11.5. The second kappa shape index (κ2) is 7.65. The summed E-state index contributed by atoms with van der Waals surface area (Å²) in [6.07, 6.45) is 5.64. The van der Waals surface area contributed by atoms with Crippen molar-refractivity contribution in [2.45, 2.75) is 26.2 Å². The Morgan fingerprint density at radius 3 is 2.53 bits per heavy atom. The third kappa shape index (κ3) is 4.31. The number of hydrogen-bond acceptors (Lipinski definition) is 5. The van der Waals surface area contributed by atoms with Gasteiger partial charge in [-0.1, -0.05) is 6.42 Å². The van der Waals surface area contributed by atoms with E-state index in [0.29, 0.717) is 0 Å². The molecule has 0 spiro atoms. The van der Waals surface area contributed by atoms with Crippen LogP contribution in [0, 0.1) is 0 Å². The average molecular weight is 328 g/mol. The van der Waals surface area contributed by atoms with E-state index < -0.39 is 0 Å². The molecule has 0 bridgehead atoms. The van der Waals surface area contributed by atoms with Crippen LogP contribution in [-0.2, 0) is 0 Å². The molecule has 1 aliphatic heterocycles. The highest BCUT2D eigenvalue weighted by Crippen LogP contribution is 2.26. The zero-order valence-corrected chi connectivity index (χ0v) is 13.0. The minimum Gasteiger partial charge on any atom is -0.369 e. The predicted molar refractivity (Wildman–Crippen MR) is 82.7 cm³/mol. The van der Waals surface area contributed by atoms with Crippen LogP contribution in [-0.4, -0.2) is 47.6 Å². The molecule has 1 aromatic heterocycles. The molecule has 2 heterocycles. The van der Waals surface area contributed by atoms with E-state index in [2.05, 4.69) is 48.4 Å². The van der Waals surface area contributed by atoms with Gasteiger partial charge in [-0.15, -0.1) is 0 Å². The van der Waals surface area contributed by atoms with Gasteiger partial charge in [-0.2, -0.15) is 0 Å².